The van der Waals surface area contributed by atoms with E-state index >= 15 is 0 Å². The SMILES string of the molecule is CCCCCNS(=O)(=O)c1cc(CNC)ccc1C. The van der Waals surface area contributed by atoms with Gasteiger partial charge in [-0.25, -0.2) is 13.1 Å². The summed E-state index contributed by atoms with van der Waals surface area (Å²) in [6, 6.07) is 5.54. The minimum atomic E-state index is -3.39. The van der Waals surface area contributed by atoms with Crippen LogP contribution in [0.3, 0.4) is 0 Å². The van der Waals surface area contributed by atoms with Gasteiger partial charge in [0.15, 0.2) is 0 Å². The zero-order valence-electron chi connectivity index (χ0n) is 12.0. The molecule has 0 saturated carbocycles. The van der Waals surface area contributed by atoms with Crippen molar-refractivity contribution in [2.45, 2.75) is 44.6 Å². The van der Waals surface area contributed by atoms with Crippen molar-refractivity contribution in [1.82, 2.24) is 10.0 Å². The van der Waals surface area contributed by atoms with E-state index in [1.54, 1.807) is 6.07 Å². The monoisotopic (exact) mass is 284 g/mol. The van der Waals surface area contributed by atoms with Crippen LogP contribution in [-0.4, -0.2) is 22.0 Å². The lowest BCUT2D eigenvalue weighted by molar-refractivity contribution is 0.575. The third-order valence-electron chi connectivity index (χ3n) is 3.00. The fourth-order valence-electron chi connectivity index (χ4n) is 1.91. The number of nitrogens with one attached hydrogen (secondary N) is 2. The second-order valence-corrected chi connectivity index (χ2v) is 6.47. The van der Waals surface area contributed by atoms with Crippen molar-refractivity contribution in [2.24, 2.45) is 0 Å². The molecule has 4 nitrogen and oxygen atoms in total. The van der Waals surface area contributed by atoms with E-state index in [1.165, 1.54) is 0 Å². The molecule has 19 heavy (non-hydrogen) atoms. The molecule has 0 aliphatic heterocycles. The predicted molar refractivity (Wildman–Crippen MR) is 78.7 cm³/mol. The highest BCUT2D eigenvalue weighted by Crippen LogP contribution is 2.17. The van der Waals surface area contributed by atoms with Crippen LogP contribution >= 0.6 is 0 Å². The number of aryl methyl sites for hydroxylation is 1. The van der Waals surface area contributed by atoms with Gasteiger partial charge >= 0.3 is 0 Å². The topological polar surface area (TPSA) is 58.2 Å². The van der Waals surface area contributed by atoms with Crippen LogP contribution in [0.25, 0.3) is 0 Å². The van der Waals surface area contributed by atoms with Gasteiger partial charge in [-0.05, 0) is 37.6 Å². The molecule has 0 aliphatic rings. The lowest BCUT2D eigenvalue weighted by Gasteiger charge is -2.11. The van der Waals surface area contributed by atoms with Crippen LogP contribution in [0, 0.1) is 6.92 Å². The molecule has 2 N–H and O–H groups in total. The third kappa shape index (κ3) is 4.93. The summed E-state index contributed by atoms with van der Waals surface area (Å²) in [5.41, 5.74) is 1.75. The van der Waals surface area contributed by atoms with Crippen LogP contribution in [-0.2, 0) is 16.6 Å². The number of sulfonamides is 1. The van der Waals surface area contributed by atoms with Crippen molar-refractivity contribution in [3.8, 4) is 0 Å². The van der Waals surface area contributed by atoms with Gasteiger partial charge in [-0.2, -0.15) is 0 Å². The first-order valence-corrected chi connectivity index (χ1v) is 8.23. The molecule has 108 valence electrons. The van der Waals surface area contributed by atoms with Gasteiger partial charge in [0.05, 0.1) is 4.90 Å². The summed E-state index contributed by atoms with van der Waals surface area (Å²) in [6.07, 6.45) is 3.00. The highest BCUT2D eigenvalue weighted by atomic mass is 32.2. The molecule has 0 amide bonds. The lowest BCUT2D eigenvalue weighted by atomic mass is 10.1. The molecule has 0 unspecified atom stereocenters. The van der Waals surface area contributed by atoms with Gasteiger partial charge in [-0.15, -0.1) is 0 Å². The summed E-state index contributed by atoms with van der Waals surface area (Å²) in [4.78, 5) is 0.386. The van der Waals surface area contributed by atoms with Gasteiger partial charge in [0.1, 0.15) is 0 Å². The Hall–Kier alpha value is -0.910. The molecular formula is C14H24N2O2S. The number of hydrogen-bond acceptors (Lipinski definition) is 3. The Kier molecular flexibility index (Phi) is 6.48. The van der Waals surface area contributed by atoms with E-state index in [4.69, 9.17) is 0 Å². The number of rotatable bonds is 8. The van der Waals surface area contributed by atoms with E-state index in [1.807, 2.05) is 26.1 Å². The van der Waals surface area contributed by atoms with E-state index in [-0.39, 0.29) is 0 Å². The quantitative estimate of drug-likeness (QED) is 0.719. The molecule has 1 aromatic rings. The van der Waals surface area contributed by atoms with Gasteiger partial charge in [0.25, 0.3) is 0 Å². The maximum atomic E-state index is 12.2. The third-order valence-corrected chi connectivity index (χ3v) is 4.60. The Balaban J connectivity index is 2.84. The van der Waals surface area contributed by atoms with E-state index in [9.17, 15) is 8.42 Å². The molecule has 1 rings (SSSR count). The Morgan fingerprint density at radius 3 is 2.58 bits per heavy atom. The van der Waals surface area contributed by atoms with Crippen molar-refractivity contribution in [2.75, 3.05) is 13.6 Å². The first kappa shape index (κ1) is 16.1. The summed E-state index contributed by atoms with van der Waals surface area (Å²) < 4.78 is 27.2. The fraction of sp³-hybridized carbons (Fsp3) is 0.571. The molecule has 0 aromatic heterocycles. The standard InChI is InChI=1S/C14H24N2O2S/c1-4-5-6-9-16-19(17,18)14-10-13(11-15-3)8-7-12(14)2/h7-8,10,15-16H,4-6,9,11H2,1-3H3. The summed E-state index contributed by atoms with van der Waals surface area (Å²) in [5.74, 6) is 0. The molecule has 0 radical (unpaired) electrons. The zero-order valence-corrected chi connectivity index (χ0v) is 12.8. The number of unbranched alkanes of at least 4 members (excludes halogenated alkanes) is 2. The molecule has 0 atom stereocenters. The highest BCUT2D eigenvalue weighted by molar-refractivity contribution is 7.89. The molecule has 0 saturated heterocycles. The molecule has 5 heteroatoms. The normalized spacial score (nSPS) is 11.7. The smallest absolute Gasteiger partial charge is 0.240 e. The first-order valence-electron chi connectivity index (χ1n) is 6.75. The van der Waals surface area contributed by atoms with Crippen molar-refractivity contribution in [3.05, 3.63) is 29.3 Å². The minimum absolute atomic E-state index is 0.386. The molecule has 0 spiro atoms. The summed E-state index contributed by atoms with van der Waals surface area (Å²) in [6.45, 7) is 5.09. The van der Waals surface area contributed by atoms with Crippen LogP contribution in [0.1, 0.15) is 37.3 Å². The van der Waals surface area contributed by atoms with E-state index in [0.717, 1.165) is 30.4 Å². The minimum Gasteiger partial charge on any atom is -0.316 e. The molecule has 0 heterocycles. The van der Waals surface area contributed by atoms with Gasteiger partial charge in [-0.1, -0.05) is 31.9 Å². The van der Waals surface area contributed by atoms with Gasteiger partial charge in [-0.3, -0.25) is 0 Å². The Bertz CT molecular complexity index is 498. The van der Waals surface area contributed by atoms with Crippen LogP contribution in [0.2, 0.25) is 0 Å². The largest absolute Gasteiger partial charge is 0.316 e. The van der Waals surface area contributed by atoms with E-state index in [2.05, 4.69) is 17.0 Å². The van der Waals surface area contributed by atoms with Crippen LogP contribution in [0.15, 0.2) is 23.1 Å². The number of benzene rings is 1. The Labute approximate surface area is 116 Å². The molecular weight excluding hydrogens is 260 g/mol. The maximum absolute atomic E-state index is 12.2. The summed E-state index contributed by atoms with van der Waals surface area (Å²) >= 11 is 0. The summed E-state index contributed by atoms with van der Waals surface area (Å²) in [5, 5.41) is 3.03. The van der Waals surface area contributed by atoms with E-state index < -0.39 is 10.0 Å². The molecule has 1 aromatic carbocycles. The van der Waals surface area contributed by atoms with Gasteiger partial charge in [0, 0.05) is 13.1 Å². The van der Waals surface area contributed by atoms with Crippen LogP contribution in [0.4, 0.5) is 0 Å². The van der Waals surface area contributed by atoms with Crippen molar-refractivity contribution in [1.29, 1.82) is 0 Å². The van der Waals surface area contributed by atoms with Gasteiger partial charge < -0.3 is 5.32 Å². The Morgan fingerprint density at radius 2 is 1.95 bits per heavy atom. The number of hydrogen-bond donors (Lipinski definition) is 2. The van der Waals surface area contributed by atoms with Crippen LogP contribution < -0.4 is 10.0 Å². The van der Waals surface area contributed by atoms with Crippen molar-refractivity contribution in [3.63, 3.8) is 0 Å². The second-order valence-electron chi connectivity index (χ2n) is 4.74. The predicted octanol–water partition coefficient (Wildman–Crippen LogP) is 2.18. The maximum Gasteiger partial charge on any atom is 0.240 e. The fourth-order valence-corrected chi connectivity index (χ4v) is 3.27. The summed E-state index contributed by atoms with van der Waals surface area (Å²) in [7, 11) is -1.55. The molecule has 0 fully saturated rings. The first-order chi connectivity index (χ1) is 9.01. The molecule has 0 bridgehead atoms. The Morgan fingerprint density at radius 1 is 1.21 bits per heavy atom. The van der Waals surface area contributed by atoms with Crippen molar-refractivity contribution >= 4 is 10.0 Å². The zero-order chi connectivity index (χ0) is 14.3. The lowest BCUT2D eigenvalue weighted by Crippen LogP contribution is -2.25. The average Bonchev–Trinajstić information content (AvgIpc) is 2.37. The highest BCUT2D eigenvalue weighted by Gasteiger charge is 2.16. The second kappa shape index (κ2) is 7.62. The molecule has 0 aliphatic carbocycles. The van der Waals surface area contributed by atoms with Crippen LogP contribution in [0.5, 0.6) is 0 Å². The average molecular weight is 284 g/mol. The van der Waals surface area contributed by atoms with Gasteiger partial charge in [0.2, 0.25) is 10.0 Å². The van der Waals surface area contributed by atoms with E-state index in [0.29, 0.717) is 18.0 Å². The van der Waals surface area contributed by atoms with Crippen molar-refractivity contribution < 1.29 is 8.42 Å².